The Morgan fingerprint density at radius 1 is 1.24 bits per heavy atom. The molecule has 0 saturated carbocycles. The van der Waals surface area contributed by atoms with Gasteiger partial charge in [-0.2, -0.15) is 0 Å². The van der Waals surface area contributed by atoms with Crippen LogP contribution in [-0.4, -0.2) is 6.26 Å². The lowest BCUT2D eigenvalue weighted by atomic mass is 9.94. The maximum absolute atomic E-state index is 2.38. The first kappa shape index (κ1) is 14.4. The molecule has 0 radical (unpaired) electrons. The SMILES string of the molecule is CC/C=C(\CC)c1c(CCC)cccc1SC. The van der Waals surface area contributed by atoms with Gasteiger partial charge in [-0.15, -0.1) is 11.8 Å². The molecule has 0 atom stereocenters. The Balaban J connectivity index is 3.29. The topological polar surface area (TPSA) is 0 Å². The van der Waals surface area contributed by atoms with Gasteiger partial charge < -0.3 is 0 Å². The van der Waals surface area contributed by atoms with Crippen molar-refractivity contribution < 1.29 is 0 Å². The van der Waals surface area contributed by atoms with Crippen LogP contribution in [0.5, 0.6) is 0 Å². The molecule has 1 aromatic rings. The van der Waals surface area contributed by atoms with Gasteiger partial charge in [0, 0.05) is 4.90 Å². The minimum atomic E-state index is 1.12. The molecule has 17 heavy (non-hydrogen) atoms. The fourth-order valence-corrected chi connectivity index (χ4v) is 2.94. The average molecular weight is 248 g/mol. The molecule has 94 valence electrons. The highest BCUT2D eigenvalue weighted by Crippen LogP contribution is 2.32. The lowest BCUT2D eigenvalue weighted by molar-refractivity contribution is 0.910. The lowest BCUT2D eigenvalue weighted by Gasteiger charge is -2.15. The average Bonchev–Trinajstić information content (AvgIpc) is 2.36. The summed E-state index contributed by atoms with van der Waals surface area (Å²) in [6.45, 7) is 6.73. The van der Waals surface area contributed by atoms with Crippen molar-refractivity contribution in [2.45, 2.75) is 51.3 Å². The second-order valence-electron chi connectivity index (χ2n) is 4.24. The molecule has 0 heterocycles. The van der Waals surface area contributed by atoms with Gasteiger partial charge in [0.15, 0.2) is 0 Å². The zero-order valence-electron chi connectivity index (χ0n) is 11.5. The van der Waals surface area contributed by atoms with Gasteiger partial charge in [0.2, 0.25) is 0 Å². The molecule has 1 rings (SSSR count). The van der Waals surface area contributed by atoms with Crippen LogP contribution >= 0.6 is 11.8 Å². The molecule has 0 spiro atoms. The number of thioether (sulfide) groups is 1. The molecule has 0 nitrogen and oxygen atoms in total. The van der Waals surface area contributed by atoms with Crippen molar-refractivity contribution in [1.82, 2.24) is 0 Å². The zero-order chi connectivity index (χ0) is 12.7. The molecular formula is C16H24S. The summed E-state index contributed by atoms with van der Waals surface area (Å²) in [5, 5.41) is 0. The quantitative estimate of drug-likeness (QED) is 0.593. The van der Waals surface area contributed by atoms with E-state index in [4.69, 9.17) is 0 Å². The summed E-state index contributed by atoms with van der Waals surface area (Å²) in [6.07, 6.45) is 9.21. The Morgan fingerprint density at radius 2 is 2.00 bits per heavy atom. The van der Waals surface area contributed by atoms with Gasteiger partial charge in [-0.1, -0.05) is 45.4 Å². The first-order valence-electron chi connectivity index (χ1n) is 6.63. The minimum absolute atomic E-state index is 1.12. The maximum Gasteiger partial charge on any atom is 0.0147 e. The van der Waals surface area contributed by atoms with Crippen molar-refractivity contribution in [2.75, 3.05) is 6.26 Å². The normalized spacial score (nSPS) is 11.9. The fourth-order valence-electron chi connectivity index (χ4n) is 2.26. The van der Waals surface area contributed by atoms with Crippen molar-refractivity contribution >= 4 is 17.3 Å². The predicted octanol–water partition coefficient (Wildman–Crippen LogP) is 5.56. The van der Waals surface area contributed by atoms with Gasteiger partial charge in [0.05, 0.1) is 0 Å². The highest BCUT2D eigenvalue weighted by Gasteiger charge is 2.10. The third-order valence-electron chi connectivity index (χ3n) is 3.00. The van der Waals surface area contributed by atoms with Crippen LogP contribution in [0.4, 0.5) is 0 Å². The zero-order valence-corrected chi connectivity index (χ0v) is 12.4. The summed E-state index contributed by atoms with van der Waals surface area (Å²) in [4.78, 5) is 1.43. The van der Waals surface area contributed by atoms with Gasteiger partial charge in [-0.05, 0) is 48.3 Å². The standard InChI is InChI=1S/C16H24S/c1-5-9-13(7-3)16-14(10-6-2)11-8-12-15(16)17-4/h8-9,11-12H,5-7,10H2,1-4H3/b13-9+. The second kappa shape index (κ2) is 7.60. The third kappa shape index (κ3) is 3.64. The number of benzene rings is 1. The van der Waals surface area contributed by atoms with Crippen molar-refractivity contribution in [2.24, 2.45) is 0 Å². The monoisotopic (exact) mass is 248 g/mol. The Hall–Kier alpha value is -0.690. The molecule has 0 aliphatic carbocycles. The molecule has 1 heteroatoms. The maximum atomic E-state index is 2.38. The van der Waals surface area contributed by atoms with E-state index in [1.54, 1.807) is 0 Å². The van der Waals surface area contributed by atoms with Crippen molar-refractivity contribution in [3.8, 4) is 0 Å². The summed E-state index contributed by atoms with van der Waals surface area (Å²) < 4.78 is 0. The van der Waals surface area contributed by atoms with E-state index in [0.29, 0.717) is 0 Å². The Bertz CT molecular complexity index is 377. The van der Waals surface area contributed by atoms with Gasteiger partial charge >= 0.3 is 0 Å². The first-order valence-corrected chi connectivity index (χ1v) is 7.86. The van der Waals surface area contributed by atoms with Gasteiger partial charge in [0.25, 0.3) is 0 Å². The number of hydrogen-bond donors (Lipinski definition) is 0. The van der Waals surface area contributed by atoms with Gasteiger partial charge in [0.1, 0.15) is 0 Å². The fraction of sp³-hybridized carbons (Fsp3) is 0.500. The second-order valence-corrected chi connectivity index (χ2v) is 5.08. The Kier molecular flexibility index (Phi) is 6.43. The van der Waals surface area contributed by atoms with E-state index in [1.807, 2.05) is 11.8 Å². The van der Waals surface area contributed by atoms with Crippen LogP contribution in [0, 0.1) is 0 Å². The first-order chi connectivity index (χ1) is 8.28. The molecule has 0 N–H and O–H groups in total. The van der Waals surface area contributed by atoms with Crippen LogP contribution in [0.1, 0.15) is 51.2 Å². The van der Waals surface area contributed by atoms with E-state index in [2.05, 4.69) is 51.3 Å². The molecule has 0 aliphatic rings. The Morgan fingerprint density at radius 3 is 2.53 bits per heavy atom. The van der Waals surface area contributed by atoms with Crippen LogP contribution in [-0.2, 0) is 6.42 Å². The summed E-state index contributed by atoms with van der Waals surface area (Å²) in [5.41, 5.74) is 4.54. The molecule has 0 bridgehead atoms. The smallest absolute Gasteiger partial charge is 0.0147 e. The van der Waals surface area contributed by atoms with Crippen LogP contribution in [0.3, 0.4) is 0 Å². The molecule has 0 saturated heterocycles. The lowest BCUT2D eigenvalue weighted by Crippen LogP contribution is -1.96. The van der Waals surface area contributed by atoms with Crippen molar-refractivity contribution in [3.63, 3.8) is 0 Å². The summed E-state index contributed by atoms with van der Waals surface area (Å²) in [7, 11) is 0. The molecule has 0 unspecified atom stereocenters. The van der Waals surface area contributed by atoms with Crippen LogP contribution in [0.25, 0.3) is 5.57 Å². The van der Waals surface area contributed by atoms with Crippen molar-refractivity contribution in [3.05, 3.63) is 35.4 Å². The van der Waals surface area contributed by atoms with Gasteiger partial charge in [-0.3, -0.25) is 0 Å². The van der Waals surface area contributed by atoms with E-state index in [9.17, 15) is 0 Å². The number of hydrogen-bond acceptors (Lipinski definition) is 1. The molecule has 1 aromatic carbocycles. The number of rotatable bonds is 6. The predicted molar refractivity (Wildman–Crippen MR) is 80.8 cm³/mol. The summed E-state index contributed by atoms with van der Waals surface area (Å²) >= 11 is 1.86. The molecule has 0 fully saturated rings. The van der Waals surface area contributed by atoms with E-state index in [1.165, 1.54) is 34.4 Å². The molecule has 0 aromatic heterocycles. The van der Waals surface area contributed by atoms with E-state index in [0.717, 1.165) is 12.8 Å². The third-order valence-corrected chi connectivity index (χ3v) is 3.78. The van der Waals surface area contributed by atoms with Crippen molar-refractivity contribution in [1.29, 1.82) is 0 Å². The highest BCUT2D eigenvalue weighted by molar-refractivity contribution is 7.98. The van der Waals surface area contributed by atoms with Crippen LogP contribution < -0.4 is 0 Å². The summed E-state index contributed by atoms with van der Waals surface area (Å²) in [5.74, 6) is 0. The molecule has 0 aliphatic heterocycles. The minimum Gasteiger partial charge on any atom is -0.129 e. The molecule has 0 amide bonds. The van der Waals surface area contributed by atoms with E-state index >= 15 is 0 Å². The molecular weight excluding hydrogens is 224 g/mol. The van der Waals surface area contributed by atoms with Crippen LogP contribution in [0.15, 0.2) is 29.2 Å². The largest absolute Gasteiger partial charge is 0.129 e. The number of allylic oxidation sites excluding steroid dienone is 2. The van der Waals surface area contributed by atoms with Crippen LogP contribution in [0.2, 0.25) is 0 Å². The highest BCUT2D eigenvalue weighted by atomic mass is 32.2. The summed E-state index contributed by atoms with van der Waals surface area (Å²) in [6, 6.07) is 6.73. The number of aryl methyl sites for hydroxylation is 1. The van der Waals surface area contributed by atoms with Gasteiger partial charge in [-0.25, -0.2) is 0 Å². The van der Waals surface area contributed by atoms with E-state index in [-0.39, 0.29) is 0 Å². The van der Waals surface area contributed by atoms with E-state index < -0.39 is 0 Å². The Labute approximate surface area is 111 Å².